The first-order valence-corrected chi connectivity index (χ1v) is 4.51. The largest absolute Gasteiger partial charge is 0.353 e. The van der Waals surface area contributed by atoms with Crippen molar-refractivity contribution in [3.8, 4) is 0 Å². The predicted octanol–water partition coefficient (Wildman–Crippen LogP) is 0.940. The average Bonchev–Trinajstić information content (AvgIpc) is 2.69. The molecule has 2 rings (SSSR count). The van der Waals surface area contributed by atoms with E-state index in [2.05, 4.69) is 25.1 Å². The molecule has 0 atom stereocenters. The van der Waals surface area contributed by atoms with Crippen LogP contribution in [0.5, 0.6) is 0 Å². The summed E-state index contributed by atoms with van der Waals surface area (Å²) < 4.78 is 3.63. The van der Waals surface area contributed by atoms with E-state index in [-0.39, 0.29) is 0 Å². The van der Waals surface area contributed by atoms with Gasteiger partial charge in [0.1, 0.15) is 0 Å². The molecule has 0 aliphatic carbocycles. The first-order valence-electron chi connectivity index (χ1n) is 3.74. The van der Waals surface area contributed by atoms with Crippen LogP contribution in [0.15, 0.2) is 24.4 Å². The molecule has 2 aromatic heterocycles. The van der Waals surface area contributed by atoms with E-state index in [1.807, 2.05) is 18.2 Å². The highest BCUT2D eigenvalue weighted by molar-refractivity contribution is 7.09. The van der Waals surface area contributed by atoms with E-state index in [0.29, 0.717) is 11.7 Å². The Bertz CT molecular complexity index is 346. The number of hydrogen-bond acceptors (Lipinski definition) is 6. The van der Waals surface area contributed by atoms with E-state index >= 15 is 0 Å². The minimum Gasteiger partial charge on any atom is -0.353 e. The Morgan fingerprint density at radius 1 is 1.38 bits per heavy atom. The Morgan fingerprint density at radius 2 is 2.38 bits per heavy atom. The van der Waals surface area contributed by atoms with Crippen molar-refractivity contribution in [1.82, 2.24) is 19.8 Å². The molecule has 0 unspecified atom stereocenters. The molecule has 0 radical (unpaired) electrons. The third kappa shape index (κ3) is 2.19. The van der Waals surface area contributed by atoms with Crippen LogP contribution in [0.3, 0.4) is 0 Å². The molecule has 2 aromatic rings. The lowest BCUT2D eigenvalue weighted by atomic mass is 10.3. The normalized spacial score (nSPS) is 9.85. The second-order valence-corrected chi connectivity index (χ2v) is 3.07. The molecule has 0 amide bonds. The molecular weight excluding hydrogens is 186 g/mol. The van der Waals surface area contributed by atoms with Gasteiger partial charge in [-0.3, -0.25) is 4.98 Å². The van der Waals surface area contributed by atoms with Crippen molar-refractivity contribution in [2.24, 2.45) is 0 Å². The molecule has 13 heavy (non-hydrogen) atoms. The highest BCUT2D eigenvalue weighted by atomic mass is 32.1. The van der Waals surface area contributed by atoms with E-state index in [9.17, 15) is 0 Å². The number of nitrogens with one attached hydrogen (secondary N) is 1. The average molecular weight is 193 g/mol. The smallest absolute Gasteiger partial charge is 0.225 e. The van der Waals surface area contributed by atoms with Crippen LogP contribution in [0, 0.1) is 0 Å². The molecule has 0 aromatic carbocycles. The number of anilines is 1. The van der Waals surface area contributed by atoms with Gasteiger partial charge in [0, 0.05) is 17.7 Å². The second-order valence-electron chi connectivity index (χ2n) is 2.34. The van der Waals surface area contributed by atoms with Gasteiger partial charge in [0.25, 0.3) is 0 Å². The highest BCUT2D eigenvalue weighted by Crippen LogP contribution is 2.06. The first-order chi connectivity index (χ1) is 6.45. The molecule has 0 fully saturated rings. The van der Waals surface area contributed by atoms with Gasteiger partial charge in [0.15, 0.2) is 0 Å². The minimum atomic E-state index is 0.651. The predicted molar refractivity (Wildman–Crippen MR) is 49.3 cm³/mol. The number of pyridine rings is 1. The molecule has 6 heteroatoms. The zero-order valence-electron chi connectivity index (χ0n) is 6.71. The summed E-state index contributed by atoms with van der Waals surface area (Å²) in [5.74, 6) is 0. The SMILES string of the molecule is c1ccc(CNc2nnns2)nc1. The van der Waals surface area contributed by atoms with Crippen LogP contribution < -0.4 is 5.32 Å². The van der Waals surface area contributed by atoms with E-state index in [1.54, 1.807) is 6.20 Å². The van der Waals surface area contributed by atoms with Crippen molar-refractivity contribution >= 4 is 16.7 Å². The van der Waals surface area contributed by atoms with E-state index in [1.165, 1.54) is 11.5 Å². The van der Waals surface area contributed by atoms with Crippen LogP contribution >= 0.6 is 11.5 Å². The maximum Gasteiger partial charge on any atom is 0.225 e. The van der Waals surface area contributed by atoms with Gasteiger partial charge in [-0.2, -0.15) is 0 Å². The summed E-state index contributed by atoms with van der Waals surface area (Å²) in [6, 6.07) is 5.78. The van der Waals surface area contributed by atoms with Gasteiger partial charge in [0.2, 0.25) is 5.13 Å². The Balaban J connectivity index is 1.94. The van der Waals surface area contributed by atoms with Crippen LogP contribution in [0.25, 0.3) is 0 Å². The Kier molecular flexibility index (Phi) is 2.42. The third-order valence-electron chi connectivity index (χ3n) is 1.45. The van der Waals surface area contributed by atoms with Gasteiger partial charge in [-0.1, -0.05) is 15.7 Å². The van der Waals surface area contributed by atoms with E-state index < -0.39 is 0 Å². The number of rotatable bonds is 3. The molecule has 2 heterocycles. The minimum absolute atomic E-state index is 0.651. The molecule has 0 saturated carbocycles. The number of aromatic nitrogens is 4. The Labute approximate surface area is 79.0 Å². The van der Waals surface area contributed by atoms with Crippen molar-refractivity contribution in [1.29, 1.82) is 0 Å². The van der Waals surface area contributed by atoms with Gasteiger partial charge >= 0.3 is 0 Å². The standard InChI is InChI=1S/C7H7N5S/c1-2-4-8-6(3-1)5-9-7-10-11-12-13-7/h1-4H,5H2,(H,9,10,12). The first kappa shape index (κ1) is 8.06. The van der Waals surface area contributed by atoms with Crippen molar-refractivity contribution < 1.29 is 0 Å². The summed E-state index contributed by atoms with van der Waals surface area (Å²) >= 11 is 1.23. The van der Waals surface area contributed by atoms with Crippen molar-refractivity contribution in [2.45, 2.75) is 6.54 Å². The van der Waals surface area contributed by atoms with Gasteiger partial charge in [0.05, 0.1) is 12.2 Å². The molecule has 66 valence electrons. The van der Waals surface area contributed by atoms with Gasteiger partial charge in [-0.15, -0.1) is 0 Å². The van der Waals surface area contributed by atoms with Crippen LogP contribution in [0.1, 0.15) is 5.69 Å². The Morgan fingerprint density at radius 3 is 3.08 bits per heavy atom. The summed E-state index contributed by atoms with van der Waals surface area (Å²) in [6.07, 6.45) is 1.76. The topological polar surface area (TPSA) is 63.6 Å². The monoisotopic (exact) mass is 193 g/mol. The summed E-state index contributed by atoms with van der Waals surface area (Å²) in [6.45, 7) is 0.651. The number of hydrogen-bond donors (Lipinski definition) is 1. The van der Waals surface area contributed by atoms with Crippen LogP contribution in [0.4, 0.5) is 5.13 Å². The summed E-state index contributed by atoms with van der Waals surface area (Å²) in [4.78, 5) is 4.15. The van der Waals surface area contributed by atoms with Crippen molar-refractivity contribution in [3.63, 3.8) is 0 Å². The maximum absolute atomic E-state index is 4.15. The van der Waals surface area contributed by atoms with Crippen LogP contribution in [-0.2, 0) is 6.54 Å². The summed E-state index contributed by atoms with van der Waals surface area (Å²) in [7, 11) is 0. The fourth-order valence-corrected chi connectivity index (χ4v) is 1.23. The molecular formula is C7H7N5S. The molecule has 0 aliphatic heterocycles. The molecule has 1 N–H and O–H groups in total. The van der Waals surface area contributed by atoms with Gasteiger partial charge in [-0.25, -0.2) is 0 Å². The van der Waals surface area contributed by atoms with Crippen molar-refractivity contribution in [2.75, 3.05) is 5.32 Å². The fraction of sp³-hybridized carbons (Fsp3) is 0.143. The van der Waals surface area contributed by atoms with Crippen LogP contribution in [-0.4, -0.2) is 19.8 Å². The lowest BCUT2D eigenvalue weighted by Gasteiger charge is -1.98. The lowest BCUT2D eigenvalue weighted by molar-refractivity contribution is 0.944. The quantitative estimate of drug-likeness (QED) is 0.786. The summed E-state index contributed by atoms with van der Waals surface area (Å²) in [5, 5.41) is 11.0. The van der Waals surface area contributed by atoms with E-state index in [4.69, 9.17) is 0 Å². The fourth-order valence-electron chi connectivity index (χ4n) is 0.871. The zero-order valence-corrected chi connectivity index (χ0v) is 7.53. The second kappa shape index (κ2) is 3.90. The molecule has 0 bridgehead atoms. The van der Waals surface area contributed by atoms with Crippen molar-refractivity contribution in [3.05, 3.63) is 30.1 Å². The molecule has 0 spiro atoms. The number of nitrogens with zero attached hydrogens (tertiary/aromatic N) is 4. The lowest BCUT2D eigenvalue weighted by Crippen LogP contribution is -2.00. The van der Waals surface area contributed by atoms with Gasteiger partial charge in [-0.05, 0) is 17.3 Å². The van der Waals surface area contributed by atoms with E-state index in [0.717, 1.165) is 5.69 Å². The third-order valence-corrected chi connectivity index (χ3v) is 2.00. The zero-order chi connectivity index (χ0) is 8.93. The molecule has 5 nitrogen and oxygen atoms in total. The Hall–Kier alpha value is -1.56. The maximum atomic E-state index is 4.15. The summed E-state index contributed by atoms with van der Waals surface area (Å²) in [5.41, 5.74) is 0.970. The molecule has 0 saturated heterocycles. The van der Waals surface area contributed by atoms with Crippen LogP contribution in [0.2, 0.25) is 0 Å². The van der Waals surface area contributed by atoms with Gasteiger partial charge < -0.3 is 5.32 Å². The highest BCUT2D eigenvalue weighted by Gasteiger charge is 1.96. The molecule has 0 aliphatic rings.